The number of benzene rings is 3. The summed E-state index contributed by atoms with van der Waals surface area (Å²) in [4.78, 5) is 160. The van der Waals surface area contributed by atoms with E-state index in [0.717, 1.165) is 44.7 Å². The number of nitrogens with zero attached hydrogens (tertiary/aromatic N) is 2. The molecule has 0 N–H and O–H groups in total. The maximum absolute atomic E-state index is 15.1. The van der Waals surface area contributed by atoms with E-state index in [1.165, 1.54) is 42.2 Å². The quantitative estimate of drug-likeness (QED) is 0.0354. The molecule has 0 bridgehead atoms. The molecule has 0 fully saturated rings. The van der Waals surface area contributed by atoms with Gasteiger partial charge in [0.05, 0.1) is 45.1 Å². The van der Waals surface area contributed by atoms with Crippen LogP contribution in [0.2, 0.25) is 0 Å². The van der Waals surface area contributed by atoms with Crippen LogP contribution in [0.3, 0.4) is 0 Å². The van der Waals surface area contributed by atoms with E-state index in [1.54, 1.807) is 0 Å². The van der Waals surface area contributed by atoms with E-state index < -0.39 is 96.7 Å². The van der Waals surface area contributed by atoms with E-state index in [9.17, 15) is 47.5 Å². The number of Topliss-reactive ketones (excluding diaryl/α,β-unsaturated/α-hetero) is 6. The lowest BCUT2D eigenvalue weighted by Gasteiger charge is -2.26. The van der Waals surface area contributed by atoms with Gasteiger partial charge in [0, 0.05) is 56.8 Å². The molecule has 2 aliphatic rings. The second-order valence-corrected chi connectivity index (χ2v) is 13.5. The summed E-state index contributed by atoms with van der Waals surface area (Å²) in [7, 11) is 0. The first-order chi connectivity index (χ1) is 32.1. The van der Waals surface area contributed by atoms with Gasteiger partial charge < -0.3 is 28.3 Å². The van der Waals surface area contributed by atoms with Gasteiger partial charge in [-0.2, -0.15) is 28.8 Å². The molecule has 0 saturated carbocycles. The van der Waals surface area contributed by atoms with Gasteiger partial charge in [-0.25, -0.2) is 8.78 Å². The van der Waals surface area contributed by atoms with Crippen LogP contribution in [0, 0.1) is 18.6 Å². The van der Waals surface area contributed by atoms with Crippen LogP contribution in [0.25, 0.3) is 33.4 Å². The van der Waals surface area contributed by atoms with Crippen molar-refractivity contribution in [1.29, 1.82) is 0 Å². The number of halogens is 2. The molecular weight excluding hydrogens is 914 g/mol. The number of rotatable bonds is 22. The summed E-state index contributed by atoms with van der Waals surface area (Å²) >= 11 is 0. The summed E-state index contributed by atoms with van der Waals surface area (Å²) in [6.45, 7) is 2.48. The van der Waals surface area contributed by atoms with Crippen LogP contribution in [0.1, 0.15) is 33.3 Å². The fourth-order valence-corrected chi connectivity index (χ4v) is 5.60. The number of hydrogen-bond acceptors (Lipinski definition) is 22. The van der Waals surface area contributed by atoms with Gasteiger partial charge in [0.1, 0.15) is 29.5 Å². The smallest absolute Gasteiger partial charge is 0.373 e. The predicted octanol–water partition coefficient (Wildman–Crippen LogP) is 1.44. The number of carbonyl (C=O) groups excluding carboxylic acids is 14. The van der Waals surface area contributed by atoms with Crippen LogP contribution in [-0.2, 0) is 81.3 Å². The third kappa shape index (κ3) is 18.6. The molecule has 2 aromatic carbocycles. The Morgan fingerprint density at radius 1 is 0.662 bits per heavy atom. The zero-order valence-electron chi connectivity index (χ0n) is 36.7. The second kappa shape index (κ2) is 29.2. The SMILES string of the molecule is CC(=O)OCOC(=O)CN(CCOCCOc1ccc(-c2c3cc(F)c(=O)cc-3oc3cc(C)c(F)cc23)cc1N(CC(=O)C(C)=O)CC(=O)C(C)=O)CC(=O)C(C)=O.O=C=O.O=C=O.O=C=O. The molecule has 360 valence electrons. The van der Waals surface area contributed by atoms with Crippen molar-refractivity contribution in [1.82, 2.24) is 4.90 Å². The number of ketones is 6. The molecule has 0 atom stereocenters. The van der Waals surface area contributed by atoms with Gasteiger partial charge in [-0.3, -0.25) is 48.1 Å². The Morgan fingerprint density at radius 2 is 1.22 bits per heavy atom. The Balaban J connectivity index is 0.00000237. The Labute approximate surface area is 382 Å². The number of esters is 2. The summed E-state index contributed by atoms with van der Waals surface area (Å²) in [6, 6.07) is 8.83. The molecule has 0 amide bonds. The largest absolute Gasteiger partial charge is 0.489 e. The highest BCUT2D eigenvalue weighted by molar-refractivity contribution is 6.39. The minimum Gasteiger partial charge on any atom is -0.489 e. The topological polar surface area (TPSA) is 313 Å². The first kappa shape index (κ1) is 57.6. The van der Waals surface area contributed by atoms with Crippen LogP contribution < -0.4 is 15.1 Å². The fourth-order valence-electron chi connectivity index (χ4n) is 5.60. The average Bonchev–Trinajstić information content (AvgIpc) is 3.25. The molecule has 68 heavy (non-hydrogen) atoms. The predicted molar refractivity (Wildman–Crippen MR) is 219 cm³/mol. The average molecular weight is 955 g/mol. The van der Waals surface area contributed by atoms with Crippen molar-refractivity contribution < 1.29 is 99.3 Å². The lowest BCUT2D eigenvalue weighted by Crippen LogP contribution is -2.39. The standard InChI is InChI=1S/C41H40F2N2O14.3CO2/c1-22-12-38-28(14-30(22)42)41(29-15-31(43)33(50)16-39(29)59-38)27-6-7-37(32(13-27)45(18-35(52)24(3)47)19-36(53)25(4)48)56-11-10-55-9-8-44(17-34(51)23(2)46)20-40(54)58-21-57-26(5)49;3*2-1-3/h6-7,12-16H,8-11,17-21H2,1-5H3;;;. The molecule has 1 aliphatic heterocycles. The lowest BCUT2D eigenvalue weighted by atomic mass is 9.92. The van der Waals surface area contributed by atoms with Gasteiger partial charge in [-0.05, 0) is 48.4 Å². The zero-order valence-corrected chi connectivity index (χ0v) is 36.7. The van der Waals surface area contributed by atoms with Crippen molar-refractivity contribution in [2.75, 3.05) is 64.2 Å². The first-order valence-corrected chi connectivity index (χ1v) is 19.2. The summed E-state index contributed by atoms with van der Waals surface area (Å²) in [5.41, 5.74) is -0.0426. The van der Waals surface area contributed by atoms with E-state index in [1.807, 2.05) is 0 Å². The van der Waals surface area contributed by atoms with Crippen LogP contribution in [-0.4, -0.2) is 129 Å². The molecule has 0 saturated heterocycles. The Morgan fingerprint density at radius 3 is 1.76 bits per heavy atom. The highest BCUT2D eigenvalue weighted by atomic mass is 19.1. The minimum absolute atomic E-state index is 0.0171. The number of fused-ring (bicyclic) bond motifs is 2. The Hall–Kier alpha value is -8.39. The van der Waals surface area contributed by atoms with Crippen LogP contribution in [0.5, 0.6) is 5.75 Å². The maximum Gasteiger partial charge on any atom is 0.373 e. The fraction of sp³-hybridized carbons (Fsp3) is 0.318. The number of carbonyl (C=O) groups is 8. The van der Waals surface area contributed by atoms with Crippen LogP contribution >= 0.6 is 0 Å². The van der Waals surface area contributed by atoms with Crippen LogP contribution in [0.15, 0.2) is 51.7 Å². The first-order valence-electron chi connectivity index (χ1n) is 19.2. The van der Waals surface area contributed by atoms with E-state index in [-0.39, 0.29) is 95.2 Å². The summed E-state index contributed by atoms with van der Waals surface area (Å²) < 4.78 is 56.8. The Kier molecular flexibility index (Phi) is 24.8. The molecule has 24 heteroatoms. The van der Waals surface area contributed by atoms with Crippen molar-refractivity contribution in [2.24, 2.45) is 0 Å². The maximum atomic E-state index is 15.1. The third-order valence-corrected chi connectivity index (χ3v) is 8.73. The van der Waals surface area contributed by atoms with E-state index >= 15 is 4.39 Å². The van der Waals surface area contributed by atoms with Crippen LogP contribution in [0.4, 0.5) is 14.5 Å². The van der Waals surface area contributed by atoms with Crippen molar-refractivity contribution in [3.05, 3.63) is 69.9 Å². The van der Waals surface area contributed by atoms with Crippen molar-refractivity contribution in [3.8, 4) is 28.2 Å². The van der Waals surface area contributed by atoms with Gasteiger partial charge in [0.15, 0.2) is 23.2 Å². The molecule has 0 aromatic heterocycles. The molecule has 2 aromatic rings. The van der Waals surface area contributed by atoms with Gasteiger partial charge in [-0.1, -0.05) is 6.07 Å². The van der Waals surface area contributed by atoms with Crippen molar-refractivity contribution >= 4 is 81.7 Å². The molecule has 1 aliphatic carbocycles. The minimum atomic E-state index is -1.12. The number of ether oxygens (including phenoxy) is 4. The molecule has 0 spiro atoms. The lowest BCUT2D eigenvalue weighted by molar-refractivity contribution is -0.193. The molecule has 0 radical (unpaired) electrons. The second-order valence-electron chi connectivity index (χ2n) is 13.5. The third-order valence-electron chi connectivity index (χ3n) is 8.73. The number of hydrogen-bond donors (Lipinski definition) is 0. The van der Waals surface area contributed by atoms with E-state index in [2.05, 4.69) is 4.74 Å². The monoisotopic (exact) mass is 954 g/mol. The zero-order chi connectivity index (χ0) is 51.7. The Bertz CT molecular complexity index is 2600. The van der Waals surface area contributed by atoms with Gasteiger partial charge >= 0.3 is 30.4 Å². The van der Waals surface area contributed by atoms with E-state index in [4.69, 9.17) is 47.4 Å². The molecule has 1 heterocycles. The molecule has 0 unspecified atom stereocenters. The van der Waals surface area contributed by atoms with Crippen molar-refractivity contribution in [3.63, 3.8) is 0 Å². The van der Waals surface area contributed by atoms with Gasteiger partial charge in [0.25, 0.3) is 0 Å². The molecular formula is C44H40F2N2O20. The highest BCUT2D eigenvalue weighted by Gasteiger charge is 2.26. The summed E-state index contributed by atoms with van der Waals surface area (Å²) in [5, 5.41) is 0.176. The van der Waals surface area contributed by atoms with Gasteiger partial charge in [-0.15, -0.1) is 0 Å². The summed E-state index contributed by atoms with van der Waals surface area (Å²) in [6.07, 6.45) is 0.750. The number of anilines is 1. The van der Waals surface area contributed by atoms with Gasteiger partial charge in [0.2, 0.25) is 29.6 Å². The highest BCUT2D eigenvalue weighted by Crippen LogP contribution is 2.43. The summed E-state index contributed by atoms with van der Waals surface area (Å²) in [5.74, 6) is -8.29. The van der Waals surface area contributed by atoms with E-state index in [0.29, 0.717) is 0 Å². The normalized spacial score (nSPS) is 9.94. The molecule has 22 nitrogen and oxygen atoms in total. The van der Waals surface area contributed by atoms with Crippen molar-refractivity contribution in [2.45, 2.75) is 34.6 Å². The number of aryl methyl sites for hydroxylation is 1. The molecule has 4 rings (SSSR count).